The van der Waals surface area contributed by atoms with Gasteiger partial charge in [0.15, 0.2) is 23.0 Å². The molecular formula is C39H56O17. The van der Waals surface area contributed by atoms with Crippen LogP contribution in [0.15, 0.2) is 0 Å². The van der Waals surface area contributed by atoms with Crippen LogP contribution in [-0.2, 0) is 38.1 Å². The van der Waals surface area contributed by atoms with Gasteiger partial charge in [-0.15, -0.1) is 0 Å². The Kier molecular flexibility index (Phi) is 8.68. The molecule has 314 valence electrons. The Balaban J connectivity index is 0.000000151. The van der Waals surface area contributed by atoms with E-state index in [1.807, 2.05) is 27.7 Å². The molecule has 17 nitrogen and oxygen atoms in total. The van der Waals surface area contributed by atoms with Crippen molar-refractivity contribution in [2.75, 3.05) is 20.3 Å². The van der Waals surface area contributed by atoms with Crippen LogP contribution in [0.5, 0.6) is 0 Å². The lowest BCUT2D eigenvalue weighted by atomic mass is 9.35. The molecule has 12 aliphatic rings. The highest BCUT2D eigenvalue weighted by atomic mass is 16.7. The average molecular weight is 797 g/mol. The second-order valence-corrected chi connectivity index (χ2v) is 19.7. The van der Waals surface area contributed by atoms with Crippen LogP contribution in [0.3, 0.4) is 0 Å². The average Bonchev–Trinajstić information content (AvgIpc) is 3.41. The van der Waals surface area contributed by atoms with E-state index < -0.39 is 117 Å². The smallest absolute Gasteiger partial charge is 0.321 e. The molecule has 56 heavy (non-hydrogen) atoms. The summed E-state index contributed by atoms with van der Waals surface area (Å²) in [6, 6.07) is 0. The van der Waals surface area contributed by atoms with E-state index in [1.54, 1.807) is 0 Å². The van der Waals surface area contributed by atoms with E-state index in [0.29, 0.717) is 38.5 Å². The summed E-state index contributed by atoms with van der Waals surface area (Å²) < 4.78 is 22.9. The highest BCUT2D eigenvalue weighted by Crippen LogP contribution is 2.78. The van der Waals surface area contributed by atoms with E-state index in [9.17, 15) is 60.0 Å². The highest BCUT2D eigenvalue weighted by Gasteiger charge is 2.91. The van der Waals surface area contributed by atoms with Crippen molar-refractivity contribution in [3.8, 4) is 0 Å². The van der Waals surface area contributed by atoms with Gasteiger partial charge >= 0.3 is 23.9 Å². The lowest BCUT2D eigenvalue weighted by Gasteiger charge is -2.72. The molecule has 4 spiro atoms. The Morgan fingerprint density at radius 3 is 1.25 bits per heavy atom. The Bertz CT molecular complexity index is 1590. The maximum Gasteiger partial charge on any atom is 0.321 e. The number of esters is 2. The first-order valence-electron chi connectivity index (χ1n) is 19.9. The van der Waals surface area contributed by atoms with Crippen LogP contribution >= 0.6 is 0 Å². The van der Waals surface area contributed by atoms with Gasteiger partial charge in [-0.3, -0.25) is 19.2 Å². The summed E-state index contributed by atoms with van der Waals surface area (Å²) in [7, 11) is 1.00. The molecule has 18 atom stereocenters. The summed E-state index contributed by atoms with van der Waals surface area (Å²) in [6.07, 6.45) is -3.40. The second-order valence-electron chi connectivity index (χ2n) is 19.7. The van der Waals surface area contributed by atoms with Crippen molar-refractivity contribution in [2.24, 2.45) is 68.0 Å². The van der Waals surface area contributed by atoms with Crippen LogP contribution in [-0.4, -0.2) is 138 Å². The number of hydrogen-bond acceptors (Lipinski definition) is 15. The van der Waals surface area contributed by atoms with Crippen LogP contribution in [0.4, 0.5) is 0 Å². The fourth-order valence-electron chi connectivity index (χ4n) is 15.3. The van der Waals surface area contributed by atoms with Crippen molar-refractivity contribution in [1.29, 1.82) is 0 Å². The first kappa shape index (κ1) is 40.3. The van der Waals surface area contributed by atoms with Gasteiger partial charge < -0.3 is 64.9 Å². The fraction of sp³-hybridized carbons (Fsp3) is 0.897. The topological polar surface area (TPSA) is 287 Å². The summed E-state index contributed by atoms with van der Waals surface area (Å²) >= 11 is 0. The van der Waals surface area contributed by atoms with E-state index >= 15 is 0 Å². The molecule has 12 fully saturated rings. The minimum atomic E-state index is -2.08. The van der Waals surface area contributed by atoms with Gasteiger partial charge in [0.05, 0.1) is 49.5 Å². The molecule has 12 rings (SSSR count). The standard InChI is InChI=1S/2C19H26O8.CH4O/c2*1-16(2)6-5-10(20)17-7-26-19(25)13(11(16)17)27-15(24)18(19)9(17)4-3-8(12(18)21)14(22)23;1-2/h2*8-13,20-21,25H,3-7H2,1-2H3,(H,22,23);2H,1H3/t2*8-,9+,10+,11-,12-,13+,17-,18-,19-;/m11./s1. The van der Waals surface area contributed by atoms with E-state index in [1.165, 1.54) is 0 Å². The van der Waals surface area contributed by atoms with Gasteiger partial charge in [0, 0.05) is 29.8 Å². The highest BCUT2D eigenvalue weighted by molar-refractivity contribution is 5.87. The number of carbonyl (C=O) groups excluding carboxylic acids is 2. The van der Waals surface area contributed by atoms with Gasteiger partial charge in [-0.05, 0) is 74.0 Å². The number of hydrogen-bond donors (Lipinski definition) is 9. The second kappa shape index (κ2) is 12.1. The summed E-state index contributed by atoms with van der Waals surface area (Å²) in [5, 5.41) is 93.7. The van der Waals surface area contributed by atoms with Crippen LogP contribution in [0, 0.1) is 68.0 Å². The number of aliphatic carboxylic acids is 2. The maximum atomic E-state index is 13.1. The number of fused-ring (bicyclic) bond motifs is 2. The molecule has 17 heteroatoms. The minimum Gasteiger partial charge on any atom is -0.481 e. The Hall–Kier alpha value is -2.48. The predicted molar refractivity (Wildman–Crippen MR) is 184 cm³/mol. The number of carbonyl (C=O) groups is 4. The summed E-state index contributed by atoms with van der Waals surface area (Å²) in [5.41, 5.74) is -6.08. The van der Waals surface area contributed by atoms with Gasteiger partial charge in [-0.25, -0.2) is 0 Å². The van der Waals surface area contributed by atoms with E-state index in [0.717, 1.165) is 7.11 Å². The lowest BCUT2D eigenvalue weighted by molar-refractivity contribution is -0.436. The zero-order valence-corrected chi connectivity index (χ0v) is 32.3. The molecule has 6 saturated heterocycles. The van der Waals surface area contributed by atoms with Crippen LogP contribution < -0.4 is 0 Å². The summed E-state index contributed by atoms with van der Waals surface area (Å²) in [4.78, 5) is 49.7. The zero-order chi connectivity index (χ0) is 41.1. The van der Waals surface area contributed by atoms with Crippen molar-refractivity contribution in [3.05, 3.63) is 0 Å². The molecule has 0 aromatic heterocycles. The number of carboxylic acid groups (broad SMARTS) is 2. The molecule has 0 amide bonds. The third-order valence-electron chi connectivity index (χ3n) is 17.3. The van der Waals surface area contributed by atoms with Crippen molar-refractivity contribution in [1.82, 2.24) is 0 Å². The van der Waals surface area contributed by atoms with Gasteiger partial charge in [-0.1, -0.05) is 27.7 Å². The Labute approximate surface area is 323 Å². The molecule has 0 aromatic carbocycles. The van der Waals surface area contributed by atoms with Crippen molar-refractivity contribution in [3.63, 3.8) is 0 Å². The van der Waals surface area contributed by atoms with Crippen molar-refractivity contribution < 1.29 is 84.1 Å². The van der Waals surface area contributed by atoms with Gasteiger partial charge in [0.25, 0.3) is 0 Å². The van der Waals surface area contributed by atoms with Gasteiger partial charge in [0.2, 0.25) is 11.6 Å². The van der Waals surface area contributed by atoms with Crippen LogP contribution in [0.2, 0.25) is 0 Å². The maximum absolute atomic E-state index is 13.1. The first-order chi connectivity index (χ1) is 26.1. The van der Waals surface area contributed by atoms with Crippen LogP contribution in [0.1, 0.15) is 79.1 Å². The number of carboxylic acids is 2. The van der Waals surface area contributed by atoms with Crippen molar-refractivity contribution in [2.45, 2.75) is 127 Å². The van der Waals surface area contributed by atoms with Gasteiger partial charge in [0.1, 0.15) is 0 Å². The summed E-state index contributed by atoms with van der Waals surface area (Å²) in [5.74, 6) is -12.4. The molecule has 6 aliphatic heterocycles. The summed E-state index contributed by atoms with van der Waals surface area (Å²) in [6.45, 7) is 8.32. The largest absolute Gasteiger partial charge is 0.481 e. The van der Waals surface area contributed by atoms with E-state index in [4.69, 9.17) is 24.1 Å². The third-order valence-corrected chi connectivity index (χ3v) is 17.3. The van der Waals surface area contributed by atoms with E-state index in [-0.39, 0.29) is 48.7 Å². The molecule has 0 unspecified atom stereocenters. The quantitative estimate of drug-likeness (QED) is 0.157. The minimum absolute atomic E-state index is 0.0722. The number of ether oxygens (including phenoxy) is 4. The van der Waals surface area contributed by atoms with Crippen molar-refractivity contribution >= 4 is 23.9 Å². The number of aliphatic hydroxyl groups excluding tert-OH is 5. The number of rotatable bonds is 2. The Morgan fingerprint density at radius 1 is 0.589 bits per heavy atom. The molecule has 6 saturated carbocycles. The molecular weight excluding hydrogens is 740 g/mol. The molecule has 6 heterocycles. The SMILES string of the molecule is CC1(C)CC[C@H](O)[C@@]23CO[C@]4(O)[C@@H](OC(=O)[C@@]45[C@H](O)[C@H](C(=O)O)CC[C@@H]25)[C@H]13.CC1(C)CC[C@H](O)[C@@]23CO[C@]4(O)[C@@H](OC(=O)[C@@]45[C@H](O)[C@H](C(=O)O)CC[C@@H]25)[C@H]13.CO. The van der Waals surface area contributed by atoms with Crippen LogP contribution in [0.25, 0.3) is 0 Å². The zero-order valence-electron chi connectivity index (χ0n) is 32.3. The predicted octanol–water partition coefficient (Wildman–Crippen LogP) is -0.620. The monoisotopic (exact) mass is 796 g/mol. The lowest BCUT2D eigenvalue weighted by Crippen LogP contribution is -2.83. The Morgan fingerprint density at radius 2 is 0.929 bits per heavy atom. The number of aliphatic hydroxyl groups is 7. The molecule has 6 aliphatic carbocycles. The normalized spacial score (nSPS) is 55.6. The molecule has 0 aromatic rings. The third kappa shape index (κ3) is 4.08. The first-order valence-corrected chi connectivity index (χ1v) is 19.9. The fourth-order valence-corrected chi connectivity index (χ4v) is 15.3. The van der Waals surface area contributed by atoms with E-state index in [2.05, 4.69) is 0 Å². The molecule has 9 N–H and O–H groups in total. The van der Waals surface area contributed by atoms with Gasteiger partial charge in [-0.2, -0.15) is 0 Å². The molecule has 8 bridgehead atoms. The molecule has 0 radical (unpaired) electrons.